The summed E-state index contributed by atoms with van der Waals surface area (Å²) in [6, 6.07) is 10.0. The molecule has 2 aromatic rings. The molecule has 6 nitrogen and oxygen atoms in total. The molecular weight excluding hydrogens is 268 g/mol. The van der Waals surface area contributed by atoms with E-state index in [1.54, 1.807) is 43.3 Å². The molecule has 1 aromatic carbocycles. The van der Waals surface area contributed by atoms with Crippen LogP contribution >= 0.6 is 0 Å². The number of nitrogen functional groups attached to an aromatic ring is 1. The molecule has 0 saturated heterocycles. The largest absolute Gasteiger partial charge is 0.384 e. The van der Waals surface area contributed by atoms with E-state index in [1.807, 2.05) is 0 Å². The fourth-order valence-electron chi connectivity index (χ4n) is 1.85. The van der Waals surface area contributed by atoms with E-state index in [0.717, 1.165) is 0 Å². The van der Waals surface area contributed by atoms with Gasteiger partial charge in [0.1, 0.15) is 5.82 Å². The van der Waals surface area contributed by atoms with Crippen LogP contribution in [0.5, 0.6) is 0 Å². The van der Waals surface area contributed by atoms with Crippen molar-refractivity contribution in [1.82, 2.24) is 4.98 Å². The number of amides is 2. The second-order valence-electron chi connectivity index (χ2n) is 4.59. The van der Waals surface area contributed by atoms with Gasteiger partial charge in [-0.05, 0) is 37.3 Å². The lowest BCUT2D eigenvalue weighted by atomic mass is 10.1. The summed E-state index contributed by atoms with van der Waals surface area (Å²) in [5.74, 6) is -0.0684. The summed E-state index contributed by atoms with van der Waals surface area (Å²) in [7, 11) is 0. The number of hydrogen-bond donors (Lipinski definition) is 3. The summed E-state index contributed by atoms with van der Waals surface area (Å²) < 4.78 is 0. The van der Waals surface area contributed by atoms with Crippen molar-refractivity contribution in [2.45, 2.75) is 13.8 Å². The van der Waals surface area contributed by atoms with Crippen molar-refractivity contribution >= 4 is 29.0 Å². The molecule has 2 rings (SSSR count). The summed E-state index contributed by atoms with van der Waals surface area (Å²) >= 11 is 0. The third-order valence-electron chi connectivity index (χ3n) is 2.80. The monoisotopic (exact) mass is 284 g/mol. The van der Waals surface area contributed by atoms with Crippen LogP contribution in [0.3, 0.4) is 0 Å². The zero-order valence-electron chi connectivity index (χ0n) is 11.8. The molecule has 1 heterocycles. The maximum atomic E-state index is 12.2. The van der Waals surface area contributed by atoms with Gasteiger partial charge in [-0.25, -0.2) is 4.98 Å². The molecule has 0 fully saturated rings. The number of nitrogens with zero attached hydrogens (tertiary/aromatic N) is 1. The van der Waals surface area contributed by atoms with Crippen LogP contribution in [0.15, 0.2) is 36.4 Å². The molecule has 0 unspecified atom stereocenters. The first-order valence-electron chi connectivity index (χ1n) is 6.38. The number of benzene rings is 1. The fraction of sp³-hybridized carbons (Fsp3) is 0.133. The topological polar surface area (TPSA) is 97.1 Å². The molecule has 108 valence electrons. The van der Waals surface area contributed by atoms with Gasteiger partial charge < -0.3 is 16.4 Å². The molecule has 0 spiro atoms. The zero-order valence-corrected chi connectivity index (χ0v) is 11.8. The van der Waals surface area contributed by atoms with Gasteiger partial charge in [0.15, 0.2) is 0 Å². The van der Waals surface area contributed by atoms with E-state index < -0.39 is 0 Å². The minimum atomic E-state index is -0.281. The predicted octanol–water partition coefficient (Wildman–Crippen LogP) is 2.18. The number of pyridine rings is 1. The van der Waals surface area contributed by atoms with E-state index in [9.17, 15) is 9.59 Å². The van der Waals surface area contributed by atoms with E-state index in [-0.39, 0.29) is 11.8 Å². The standard InChI is InChI=1S/C15H16N4O2/c1-9-13(6-7-14(16)17-9)19-15(21)11-4-3-5-12(8-11)18-10(2)20/h3-8H,1-2H3,(H2,16,17)(H,18,20)(H,19,21). The number of aryl methyl sites for hydroxylation is 1. The van der Waals surface area contributed by atoms with Gasteiger partial charge in [0.25, 0.3) is 5.91 Å². The fourth-order valence-corrected chi connectivity index (χ4v) is 1.85. The summed E-state index contributed by atoms with van der Waals surface area (Å²) in [6.07, 6.45) is 0. The average Bonchev–Trinajstić information content (AvgIpc) is 2.41. The molecule has 6 heteroatoms. The van der Waals surface area contributed by atoms with E-state index in [4.69, 9.17) is 5.73 Å². The van der Waals surface area contributed by atoms with Crippen molar-refractivity contribution < 1.29 is 9.59 Å². The quantitative estimate of drug-likeness (QED) is 0.804. The third-order valence-corrected chi connectivity index (χ3v) is 2.80. The first-order chi connectivity index (χ1) is 9.95. The Morgan fingerprint density at radius 2 is 1.90 bits per heavy atom. The molecule has 1 aromatic heterocycles. The van der Waals surface area contributed by atoms with Crippen LogP contribution in [0.2, 0.25) is 0 Å². The van der Waals surface area contributed by atoms with Crippen molar-refractivity contribution in [3.63, 3.8) is 0 Å². The zero-order chi connectivity index (χ0) is 15.4. The number of nitrogens with one attached hydrogen (secondary N) is 2. The van der Waals surface area contributed by atoms with Gasteiger partial charge in [-0.3, -0.25) is 9.59 Å². The lowest BCUT2D eigenvalue weighted by Crippen LogP contribution is -2.14. The van der Waals surface area contributed by atoms with E-state index >= 15 is 0 Å². The van der Waals surface area contributed by atoms with Crippen molar-refractivity contribution in [1.29, 1.82) is 0 Å². The van der Waals surface area contributed by atoms with Gasteiger partial charge in [0.2, 0.25) is 5.91 Å². The minimum absolute atomic E-state index is 0.189. The Hall–Kier alpha value is -2.89. The normalized spacial score (nSPS) is 10.0. The Kier molecular flexibility index (Phi) is 4.18. The van der Waals surface area contributed by atoms with Crippen LogP contribution in [0.4, 0.5) is 17.2 Å². The molecule has 4 N–H and O–H groups in total. The Morgan fingerprint density at radius 3 is 2.57 bits per heavy atom. The molecule has 0 aliphatic heterocycles. The molecule has 0 radical (unpaired) electrons. The Morgan fingerprint density at radius 1 is 1.14 bits per heavy atom. The maximum absolute atomic E-state index is 12.2. The van der Waals surface area contributed by atoms with Gasteiger partial charge in [0, 0.05) is 18.2 Å². The highest BCUT2D eigenvalue weighted by molar-refractivity contribution is 6.05. The predicted molar refractivity (Wildman–Crippen MR) is 82.1 cm³/mol. The van der Waals surface area contributed by atoms with Crippen LogP contribution in [0.1, 0.15) is 23.0 Å². The molecule has 2 amide bonds. The van der Waals surface area contributed by atoms with Gasteiger partial charge in [-0.1, -0.05) is 6.07 Å². The number of carbonyl (C=O) groups is 2. The second-order valence-corrected chi connectivity index (χ2v) is 4.59. The molecule has 0 atom stereocenters. The molecule has 0 saturated carbocycles. The lowest BCUT2D eigenvalue weighted by Gasteiger charge is -2.09. The number of nitrogens with two attached hydrogens (primary N) is 1. The smallest absolute Gasteiger partial charge is 0.255 e. The second kappa shape index (κ2) is 6.04. The summed E-state index contributed by atoms with van der Waals surface area (Å²) in [5.41, 5.74) is 7.82. The third kappa shape index (κ3) is 3.79. The number of rotatable bonds is 3. The van der Waals surface area contributed by atoms with E-state index in [1.165, 1.54) is 6.92 Å². The Balaban J connectivity index is 2.18. The van der Waals surface area contributed by atoms with Gasteiger partial charge in [0.05, 0.1) is 11.4 Å². The molecule has 21 heavy (non-hydrogen) atoms. The van der Waals surface area contributed by atoms with Gasteiger partial charge in [-0.15, -0.1) is 0 Å². The molecule has 0 aliphatic rings. The average molecular weight is 284 g/mol. The number of hydrogen-bond acceptors (Lipinski definition) is 4. The van der Waals surface area contributed by atoms with Crippen molar-refractivity contribution in [2.24, 2.45) is 0 Å². The van der Waals surface area contributed by atoms with Crippen LogP contribution in [-0.2, 0) is 4.79 Å². The van der Waals surface area contributed by atoms with E-state index in [2.05, 4.69) is 15.6 Å². The van der Waals surface area contributed by atoms with Crippen LogP contribution in [-0.4, -0.2) is 16.8 Å². The maximum Gasteiger partial charge on any atom is 0.255 e. The molecule has 0 bridgehead atoms. The number of anilines is 3. The van der Waals surface area contributed by atoms with E-state index in [0.29, 0.717) is 28.5 Å². The summed E-state index contributed by atoms with van der Waals surface area (Å²) in [6.45, 7) is 3.18. The highest BCUT2D eigenvalue weighted by Crippen LogP contribution is 2.16. The molecule has 0 aliphatic carbocycles. The van der Waals surface area contributed by atoms with Gasteiger partial charge in [-0.2, -0.15) is 0 Å². The minimum Gasteiger partial charge on any atom is -0.384 e. The van der Waals surface area contributed by atoms with Crippen LogP contribution in [0, 0.1) is 6.92 Å². The Bertz CT molecular complexity index is 698. The highest BCUT2D eigenvalue weighted by atomic mass is 16.2. The Labute approximate surface area is 122 Å². The van der Waals surface area contributed by atoms with Crippen LogP contribution in [0.25, 0.3) is 0 Å². The highest BCUT2D eigenvalue weighted by Gasteiger charge is 2.09. The van der Waals surface area contributed by atoms with Crippen molar-refractivity contribution in [3.05, 3.63) is 47.7 Å². The van der Waals surface area contributed by atoms with Crippen LogP contribution < -0.4 is 16.4 Å². The van der Waals surface area contributed by atoms with Gasteiger partial charge >= 0.3 is 0 Å². The first-order valence-corrected chi connectivity index (χ1v) is 6.38. The first kappa shape index (κ1) is 14.5. The number of carbonyl (C=O) groups excluding carboxylic acids is 2. The van der Waals surface area contributed by atoms with Crippen molar-refractivity contribution in [3.8, 4) is 0 Å². The summed E-state index contributed by atoms with van der Waals surface area (Å²) in [4.78, 5) is 27.3. The lowest BCUT2D eigenvalue weighted by molar-refractivity contribution is -0.114. The van der Waals surface area contributed by atoms with Crippen molar-refractivity contribution in [2.75, 3.05) is 16.4 Å². The SMILES string of the molecule is CC(=O)Nc1cccc(C(=O)Nc2ccc(N)nc2C)c1. The molecular formula is C15H16N4O2. The number of aromatic nitrogens is 1. The summed E-state index contributed by atoms with van der Waals surface area (Å²) in [5, 5.41) is 5.40.